The molecular formula is C19H32F3N5O3. The zero-order valence-corrected chi connectivity index (χ0v) is 17.2. The topological polar surface area (TPSA) is 132 Å². The molecule has 30 heavy (non-hydrogen) atoms. The quantitative estimate of drug-likeness (QED) is 0.266. The van der Waals surface area contributed by atoms with Crippen molar-refractivity contribution >= 4 is 18.5 Å². The van der Waals surface area contributed by atoms with Gasteiger partial charge in [0.2, 0.25) is 0 Å². The Balaban J connectivity index is -0.00000204. The monoisotopic (exact) mass is 435 g/mol. The molecule has 8 nitrogen and oxygen atoms in total. The van der Waals surface area contributed by atoms with Gasteiger partial charge < -0.3 is 31.6 Å². The molecule has 0 bridgehead atoms. The van der Waals surface area contributed by atoms with Crippen LogP contribution >= 0.6 is 0 Å². The maximum absolute atomic E-state index is 12.2. The predicted molar refractivity (Wildman–Crippen MR) is 112 cm³/mol. The molecule has 0 aliphatic carbocycles. The summed E-state index contributed by atoms with van der Waals surface area (Å²) >= 11 is 0. The number of rotatable bonds is 9. The van der Waals surface area contributed by atoms with Crippen LogP contribution < -0.4 is 22.1 Å². The highest BCUT2D eigenvalue weighted by Crippen LogP contribution is 2.18. The van der Waals surface area contributed by atoms with Gasteiger partial charge in [-0.3, -0.25) is 4.79 Å². The second-order valence-electron chi connectivity index (χ2n) is 6.14. The first kappa shape index (κ1) is 26.8. The number of halogens is 3. The Bertz CT molecular complexity index is 762. The molecule has 1 rings (SSSR count). The third-order valence-corrected chi connectivity index (χ3v) is 3.47. The Morgan fingerprint density at radius 2 is 1.97 bits per heavy atom. The molecule has 0 aliphatic heterocycles. The fourth-order valence-corrected chi connectivity index (χ4v) is 2.11. The average molecular weight is 435 g/mol. The van der Waals surface area contributed by atoms with Crippen LogP contribution in [-0.4, -0.2) is 37.0 Å². The molecule has 0 spiro atoms. The second kappa shape index (κ2) is 13.1. The summed E-state index contributed by atoms with van der Waals surface area (Å²) in [4.78, 5) is 24.5. The summed E-state index contributed by atoms with van der Waals surface area (Å²) in [5.74, 6) is -0.388. The lowest BCUT2D eigenvalue weighted by atomic mass is 10.1. The molecule has 0 aliphatic rings. The highest BCUT2D eigenvalue weighted by Gasteiger charge is 2.28. The summed E-state index contributed by atoms with van der Waals surface area (Å²) in [5.41, 5.74) is 12.3. The largest absolute Gasteiger partial charge is 0.470 e. The highest BCUT2D eigenvalue weighted by molar-refractivity contribution is 5.93. The molecule has 1 aromatic rings. The van der Waals surface area contributed by atoms with Gasteiger partial charge in [0.25, 0.3) is 5.91 Å². The van der Waals surface area contributed by atoms with E-state index >= 15 is 0 Å². The van der Waals surface area contributed by atoms with Crippen LogP contribution in [0.5, 0.6) is 0 Å². The van der Waals surface area contributed by atoms with E-state index in [1.807, 2.05) is 32.8 Å². The zero-order valence-electron chi connectivity index (χ0n) is 17.2. The van der Waals surface area contributed by atoms with Gasteiger partial charge in [0, 0.05) is 15.1 Å². The van der Waals surface area contributed by atoms with Crippen molar-refractivity contribution in [3.63, 3.8) is 0 Å². The predicted octanol–water partition coefficient (Wildman–Crippen LogP) is 2.92. The van der Waals surface area contributed by atoms with Gasteiger partial charge in [0.15, 0.2) is 12.5 Å². The minimum Gasteiger partial charge on any atom is -0.470 e. The number of ether oxygens (including phenoxy) is 1. The van der Waals surface area contributed by atoms with Gasteiger partial charge in [0.1, 0.15) is 12.6 Å². The highest BCUT2D eigenvalue weighted by atomic mass is 19.4. The summed E-state index contributed by atoms with van der Waals surface area (Å²) in [6.45, 7) is 6.91. The molecule has 0 saturated carbocycles. The molecule has 1 aromatic heterocycles. The third kappa shape index (κ3) is 10.9. The minimum atomic E-state index is -4.51. The van der Waals surface area contributed by atoms with Crippen LogP contribution in [-0.2, 0) is 14.3 Å². The standard InChI is InChI=1S/C18H26F3N5O2.CH2O.2H2/c1-4-7-24-16-9-13(8-11(2)25-16)12(3)26-17(27)14(22)5-6-15(23)28-10-18(19,20)21;1-2;;/h5-6,8-9,12H,4,7,10,22-23H2,1-3H3,(H,24,25)(H,26,27);1H2;2*1H/b14-5-,15-6+;;;. The van der Waals surface area contributed by atoms with Gasteiger partial charge in [-0.2, -0.15) is 13.2 Å². The van der Waals surface area contributed by atoms with Crippen LogP contribution in [0.4, 0.5) is 19.0 Å². The molecule has 1 heterocycles. The Morgan fingerprint density at radius 1 is 1.33 bits per heavy atom. The Hall–Kier alpha value is -3.24. The molecular weight excluding hydrogens is 403 g/mol. The number of nitrogens with one attached hydrogen (secondary N) is 2. The molecule has 1 unspecified atom stereocenters. The summed E-state index contributed by atoms with van der Waals surface area (Å²) in [7, 11) is 0. The van der Waals surface area contributed by atoms with E-state index in [1.54, 1.807) is 6.92 Å². The van der Waals surface area contributed by atoms with E-state index < -0.39 is 24.6 Å². The van der Waals surface area contributed by atoms with Crippen molar-refractivity contribution in [3.05, 3.63) is 47.1 Å². The van der Waals surface area contributed by atoms with Gasteiger partial charge in [-0.05, 0) is 50.1 Å². The molecule has 0 fully saturated rings. The number of hydrogen-bond acceptors (Lipinski definition) is 7. The van der Waals surface area contributed by atoms with Crippen LogP contribution in [0.15, 0.2) is 35.9 Å². The Kier molecular flexibility index (Phi) is 11.7. The summed E-state index contributed by atoms with van der Waals surface area (Å²) in [5, 5.41) is 5.89. The number of nitrogens with zero attached hydrogens (tertiary/aromatic N) is 1. The van der Waals surface area contributed by atoms with Crippen LogP contribution in [0.2, 0.25) is 0 Å². The number of amides is 1. The van der Waals surface area contributed by atoms with Gasteiger partial charge in [-0.1, -0.05) is 6.92 Å². The van der Waals surface area contributed by atoms with Crippen LogP contribution in [0.3, 0.4) is 0 Å². The van der Waals surface area contributed by atoms with Crippen LogP contribution in [0.1, 0.15) is 40.4 Å². The van der Waals surface area contributed by atoms with E-state index in [2.05, 4.69) is 20.4 Å². The first-order valence-electron chi connectivity index (χ1n) is 8.96. The van der Waals surface area contributed by atoms with Crippen molar-refractivity contribution in [2.24, 2.45) is 11.5 Å². The number of hydrogen-bond donors (Lipinski definition) is 4. The summed E-state index contributed by atoms with van der Waals surface area (Å²) < 4.78 is 40.5. The lowest BCUT2D eigenvalue weighted by Crippen LogP contribution is -2.31. The molecule has 0 aromatic carbocycles. The average Bonchev–Trinajstić information content (AvgIpc) is 2.69. The van der Waals surface area contributed by atoms with E-state index in [0.29, 0.717) is 5.82 Å². The number of pyridine rings is 1. The smallest absolute Gasteiger partial charge is 0.422 e. The van der Waals surface area contributed by atoms with E-state index in [4.69, 9.17) is 16.3 Å². The van der Waals surface area contributed by atoms with E-state index in [9.17, 15) is 18.0 Å². The number of aromatic nitrogens is 1. The number of carbonyl (C=O) groups is 2. The molecule has 11 heteroatoms. The Labute approximate surface area is 176 Å². The third-order valence-electron chi connectivity index (χ3n) is 3.47. The van der Waals surface area contributed by atoms with Gasteiger partial charge >= 0.3 is 6.18 Å². The Morgan fingerprint density at radius 3 is 2.53 bits per heavy atom. The van der Waals surface area contributed by atoms with Crippen molar-refractivity contribution in [2.75, 3.05) is 18.5 Å². The lowest BCUT2D eigenvalue weighted by Gasteiger charge is -2.16. The SMILES string of the molecule is C=O.CCCNc1cc(C(C)NC(=O)/C(N)=C/C=C(\N)OCC(F)(F)F)cc(C)n1.[HH].[HH]. The maximum atomic E-state index is 12.2. The summed E-state index contributed by atoms with van der Waals surface area (Å²) in [6.07, 6.45) is -1.48. The number of allylic oxidation sites excluding steroid dienone is 2. The van der Waals surface area contributed by atoms with E-state index in [-0.39, 0.29) is 14.6 Å². The van der Waals surface area contributed by atoms with Crippen molar-refractivity contribution in [3.8, 4) is 0 Å². The molecule has 0 saturated heterocycles. The van der Waals surface area contributed by atoms with Gasteiger partial charge in [-0.15, -0.1) is 0 Å². The second-order valence-corrected chi connectivity index (χ2v) is 6.14. The fourth-order valence-electron chi connectivity index (χ4n) is 2.11. The molecule has 172 valence electrons. The molecule has 1 amide bonds. The minimum absolute atomic E-state index is 0. The molecule has 0 radical (unpaired) electrons. The van der Waals surface area contributed by atoms with E-state index in [0.717, 1.165) is 36.4 Å². The maximum Gasteiger partial charge on any atom is 0.422 e. The van der Waals surface area contributed by atoms with Gasteiger partial charge in [0.05, 0.1) is 11.7 Å². The zero-order chi connectivity index (χ0) is 23.3. The molecule has 1 atom stereocenters. The lowest BCUT2D eigenvalue weighted by molar-refractivity contribution is -0.165. The number of carbonyl (C=O) groups excluding carboxylic acids is 2. The van der Waals surface area contributed by atoms with Crippen LogP contribution in [0, 0.1) is 6.92 Å². The van der Waals surface area contributed by atoms with Crippen molar-refractivity contribution in [1.82, 2.24) is 10.3 Å². The first-order chi connectivity index (χ1) is 14.0. The number of aryl methyl sites for hydroxylation is 1. The number of anilines is 1. The number of alkyl halides is 3. The number of nitrogens with two attached hydrogens (primary N) is 2. The van der Waals surface area contributed by atoms with Crippen LogP contribution in [0.25, 0.3) is 0 Å². The first-order valence-corrected chi connectivity index (χ1v) is 8.96. The summed E-state index contributed by atoms with van der Waals surface area (Å²) in [6, 6.07) is 3.30. The normalized spacial score (nSPS) is 13.0. The van der Waals surface area contributed by atoms with E-state index in [1.165, 1.54) is 0 Å². The van der Waals surface area contributed by atoms with Gasteiger partial charge in [-0.25, -0.2) is 4.98 Å². The van der Waals surface area contributed by atoms with Crippen molar-refractivity contribution in [1.29, 1.82) is 0 Å². The fraction of sp³-hybridized carbons (Fsp3) is 0.421. The van der Waals surface area contributed by atoms with Crippen molar-refractivity contribution < 1.29 is 30.4 Å². The van der Waals surface area contributed by atoms with Crippen molar-refractivity contribution in [2.45, 2.75) is 39.4 Å². The molecule has 6 N–H and O–H groups in total.